The third kappa shape index (κ3) is 6.65. The molecule has 1 aromatic rings. The number of carbonyl (C=O) groups excluding carboxylic acids is 1. The van der Waals surface area contributed by atoms with E-state index in [2.05, 4.69) is 0 Å². The maximum absolute atomic E-state index is 11.7. The molecule has 0 N–H and O–H groups in total. The van der Waals surface area contributed by atoms with Gasteiger partial charge in [0.1, 0.15) is 4.33 Å². The van der Waals surface area contributed by atoms with Gasteiger partial charge in [-0.2, -0.15) is 0 Å². The first kappa shape index (κ1) is 18.9. The Balaban J connectivity index is 2.17. The van der Waals surface area contributed by atoms with Crippen molar-refractivity contribution in [3.05, 3.63) is 35.9 Å². The summed E-state index contributed by atoms with van der Waals surface area (Å²) >= 11 is 24.0. The minimum atomic E-state index is -1.20. The highest BCUT2D eigenvalue weighted by Crippen LogP contribution is 2.45. The van der Waals surface area contributed by atoms with Gasteiger partial charge in [0.05, 0.1) is 12.2 Å². The third-order valence-corrected chi connectivity index (χ3v) is 5.19. The number of hydrogen-bond donors (Lipinski definition) is 0. The molecule has 1 rings (SSSR count). The van der Waals surface area contributed by atoms with Gasteiger partial charge in [0.2, 0.25) is 0 Å². The van der Waals surface area contributed by atoms with Crippen molar-refractivity contribution < 1.29 is 9.53 Å². The molecule has 0 amide bonds. The molecular formula is C15H18Cl4O2. The van der Waals surface area contributed by atoms with Gasteiger partial charge in [0.25, 0.3) is 0 Å². The van der Waals surface area contributed by atoms with Crippen LogP contribution in [0.15, 0.2) is 30.3 Å². The van der Waals surface area contributed by atoms with Crippen LogP contribution in [-0.4, -0.2) is 21.2 Å². The highest BCUT2D eigenvalue weighted by atomic mass is 35.5. The van der Waals surface area contributed by atoms with Gasteiger partial charge in [-0.15, -0.1) is 0 Å². The summed E-state index contributed by atoms with van der Waals surface area (Å²) in [6.07, 6.45) is 2.80. The lowest BCUT2D eigenvalue weighted by Gasteiger charge is -2.29. The van der Waals surface area contributed by atoms with E-state index in [1.54, 1.807) is 31.2 Å². The molecule has 0 bridgehead atoms. The van der Waals surface area contributed by atoms with E-state index in [9.17, 15) is 4.79 Å². The van der Waals surface area contributed by atoms with Gasteiger partial charge in [-0.3, -0.25) is 0 Å². The molecule has 0 radical (unpaired) electrons. The fraction of sp³-hybridized carbons (Fsp3) is 0.533. The maximum atomic E-state index is 11.7. The quantitative estimate of drug-likeness (QED) is 0.329. The summed E-state index contributed by atoms with van der Waals surface area (Å²) in [4.78, 5) is 11.7. The van der Waals surface area contributed by atoms with Gasteiger partial charge in [0, 0.05) is 0 Å². The first-order valence-electron chi connectivity index (χ1n) is 6.72. The van der Waals surface area contributed by atoms with Crippen LogP contribution in [0.2, 0.25) is 0 Å². The van der Waals surface area contributed by atoms with Crippen molar-refractivity contribution in [2.75, 3.05) is 6.61 Å². The van der Waals surface area contributed by atoms with Crippen LogP contribution < -0.4 is 0 Å². The monoisotopic (exact) mass is 370 g/mol. The Bertz CT molecular complexity index is 441. The van der Waals surface area contributed by atoms with Crippen LogP contribution >= 0.6 is 46.4 Å². The van der Waals surface area contributed by atoms with Crippen molar-refractivity contribution in [1.82, 2.24) is 0 Å². The summed E-state index contributed by atoms with van der Waals surface area (Å²) in [5, 5.41) is 0. The van der Waals surface area contributed by atoms with Crippen LogP contribution in [0.4, 0.5) is 0 Å². The summed E-state index contributed by atoms with van der Waals surface area (Å²) in [5.74, 6) is -0.311. The van der Waals surface area contributed by atoms with Crippen molar-refractivity contribution in [1.29, 1.82) is 0 Å². The Morgan fingerprint density at radius 2 is 1.67 bits per heavy atom. The summed E-state index contributed by atoms with van der Waals surface area (Å²) in [7, 11) is 0. The molecule has 0 saturated heterocycles. The van der Waals surface area contributed by atoms with Crippen molar-refractivity contribution in [2.45, 2.75) is 41.3 Å². The number of halogens is 4. The Hall–Kier alpha value is -0.150. The average Bonchev–Trinajstić information content (AvgIpc) is 2.42. The topological polar surface area (TPSA) is 26.3 Å². The van der Waals surface area contributed by atoms with Gasteiger partial charge in [-0.1, -0.05) is 71.0 Å². The number of ether oxygens (including phenoxy) is 1. The van der Waals surface area contributed by atoms with Crippen LogP contribution in [0.5, 0.6) is 0 Å². The van der Waals surface area contributed by atoms with E-state index in [4.69, 9.17) is 51.1 Å². The standard InChI is InChI=1S/C15H18Cl4O2/c1-14(16,17)15(18,19)10-6-3-7-11-21-13(20)12-8-4-2-5-9-12/h2,4-5,8-9H,3,6-7,10-11H2,1H3. The Morgan fingerprint density at radius 1 is 1.05 bits per heavy atom. The molecule has 2 nitrogen and oxygen atoms in total. The van der Waals surface area contributed by atoms with E-state index in [0.717, 1.165) is 19.3 Å². The predicted molar refractivity (Wildman–Crippen MR) is 89.7 cm³/mol. The molecule has 0 aliphatic carbocycles. The smallest absolute Gasteiger partial charge is 0.338 e. The fourth-order valence-electron chi connectivity index (χ4n) is 1.67. The fourth-order valence-corrected chi connectivity index (χ4v) is 2.12. The zero-order valence-electron chi connectivity index (χ0n) is 11.8. The lowest BCUT2D eigenvalue weighted by molar-refractivity contribution is 0.0497. The van der Waals surface area contributed by atoms with Crippen LogP contribution in [0.3, 0.4) is 0 Å². The van der Waals surface area contributed by atoms with Crippen molar-refractivity contribution in [3.63, 3.8) is 0 Å². The molecule has 6 heteroatoms. The molecule has 1 aromatic carbocycles. The van der Waals surface area contributed by atoms with Crippen LogP contribution in [-0.2, 0) is 4.74 Å². The highest BCUT2D eigenvalue weighted by molar-refractivity contribution is 6.62. The first-order valence-corrected chi connectivity index (χ1v) is 8.23. The van der Waals surface area contributed by atoms with Gasteiger partial charge in [-0.25, -0.2) is 4.79 Å². The summed E-state index contributed by atoms with van der Waals surface area (Å²) in [5.41, 5.74) is 0.554. The lowest BCUT2D eigenvalue weighted by atomic mass is 10.1. The number of carbonyl (C=O) groups is 1. The molecule has 118 valence electrons. The van der Waals surface area contributed by atoms with Gasteiger partial charge < -0.3 is 4.74 Å². The highest BCUT2D eigenvalue weighted by Gasteiger charge is 2.42. The maximum Gasteiger partial charge on any atom is 0.338 e. The number of benzene rings is 1. The molecular weight excluding hydrogens is 354 g/mol. The molecule has 0 aliphatic heterocycles. The molecule has 0 heterocycles. The van der Waals surface area contributed by atoms with Crippen LogP contribution in [0.25, 0.3) is 0 Å². The summed E-state index contributed by atoms with van der Waals surface area (Å²) in [6.45, 7) is 1.93. The van der Waals surface area contributed by atoms with E-state index < -0.39 is 8.67 Å². The second-order valence-electron chi connectivity index (χ2n) is 4.91. The average molecular weight is 372 g/mol. The van der Waals surface area contributed by atoms with Crippen LogP contribution in [0, 0.1) is 0 Å². The third-order valence-electron chi connectivity index (χ3n) is 3.02. The normalized spacial score (nSPS) is 12.2. The Kier molecular flexibility index (Phi) is 7.63. The van der Waals surface area contributed by atoms with E-state index in [1.165, 1.54) is 0 Å². The molecule has 0 spiro atoms. The number of alkyl halides is 4. The number of esters is 1. The van der Waals surface area contributed by atoms with Gasteiger partial charge in [-0.05, 0) is 38.3 Å². The Morgan fingerprint density at radius 3 is 2.24 bits per heavy atom. The molecule has 0 fully saturated rings. The van der Waals surface area contributed by atoms with E-state index in [0.29, 0.717) is 18.6 Å². The SMILES string of the molecule is CC(Cl)(Cl)C(Cl)(Cl)CCCCCOC(=O)c1ccccc1. The van der Waals surface area contributed by atoms with Gasteiger partial charge in [0.15, 0.2) is 4.33 Å². The number of hydrogen-bond acceptors (Lipinski definition) is 2. The molecule has 0 atom stereocenters. The lowest BCUT2D eigenvalue weighted by Crippen LogP contribution is -2.33. The minimum Gasteiger partial charge on any atom is -0.462 e. The minimum absolute atomic E-state index is 0.311. The summed E-state index contributed by atoms with van der Waals surface area (Å²) in [6, 6.07) is 8.89. The second kappa shape index (κ2) is 8.47. The molecule has 21 heavy (non-hydrogen) atoms. The predicted octanol–water partition coefficient (Wildman–Crippen LogP) is 5.77. The van der Waals surface area contributed by atoms with Crippen molar-refractivity contribution >= 4 is 52.4 Å². The first-order chi connectivity index (χ1) is 9.74. The Labute approximate surface area is 145 Å². The molecule has 0 aromatic heterocycles. The van der Waals surface area contributed by atoms with E-state index in [1.807, 2.05) is 6.07 Å². The zero-order valence-corrected chi connectivity index (χ0v) is 14.8. The van der Waals surface area contributed by atoms with E-state index in [-0.39, 0.29) is 5.97 Å². The second-order valence-corrected chi connectivity index (χ2v) is 8.09. The van der Waals surface area contributed by atoms with Crippen molar-refractivity contribution in [3.8, 4) is 0 Å². The van der Waals surface area contributed by atoms with Crippen LogP contribution in [0.1, 0.15) is 43.0 Å². The largest absolute Gasteiger partial charge is 0.462 e. The number of unbranched alkanes of at least 4 members (excludes halogenated alkanes) is 2. The zero-order chi connectivity index (χ0) is 15.9. The molecule has 0 aliphatic rings. The van der Waals surface area contributed by atoms with Crippen molar-refractivity contribution in [2.24, 2.45) is 0 Å². The molecule has 0 saturated carbocycles. The van der Waals surface area contributed by atoms with Gasteiger partial charge >= 0.3 is 5.97 Å². The van der Waals surface area contributed by atoms with E-state index >= 15 is 0 Å². The number of rotatable bonds is 8. The summed E-state index contributed by atoms with van der Waals surface area (Å²) < 4.78 is 2.79. The molecule has 0 unspecified atom stereocenters.